The molecular formula is C19H29N3O3. The summed E-state index contributed by atoms with van der Waals surface area (Å²) >= 11 is 0. The molecule has 1 aromatic carbocycles. The highest BCUT2D eigenvalue weighted by atomic mass is 16.6. The van der Waals surface area contributed by atoms with Gasteiger partial charge >= 0.3 is 12.1 Å². The summed E-state index contributed by atoms with van der Waals surface area (Å²) in [5.41, 5.74) is 2.55. The third kappa shape index (κ3) is 6.29. The van der Waals surface area contributed by atoms with Gasteiger partial charge in [-0.2, -0.15) is 0 Å². The molecule has 1 aromatic rings. The van der Waals surface area contributed by atoms with Crippen LogP contribution in [0.5, 0.6) is 0 Å². The van der Waals surface area contributed by atoms with Gasteiger partial charge in [0.15, 0.2) is 0 Å². The van der Waals surface area contributed by atoms with E-state index in [4.69, 9.17) is 4.74 Å². The quantitative estimate of drug-likeness (QED) is 0.854. The first-order valence-electron chi connectivity index (χ1n) is 8.76. The fourth-order valence-electron chi connectivity index (χ4n) is 2.95. The topological polar surface area (TPSA) is 70.7 Å². The monoisotopic (exact) mass is 347 g/mol. The molecule has 2 N–H and O–H groups in total. The first kappa shape index (κ1) is 19.1. The maximum Gasteiger partial charge on any atom is 0.407 e. The van der Waals surface area contributed by atoms with Crippen LogP contribution in [0.15, 0.2) is 18.2 Å². The van der Waals surface area contributed by atoms with Gasteiger partial charge < -0.3 is 20.3 Å². The molecule has 0 saturated carbocycles. The van der Waals surface area contributed by atoms with Crippen LogP contribution >= 0.6 is 0 Å². The zero-order chi connectivity index (χ0) is 18.6. The molecule has 0 bridgehead atoms. The largest absolute Gasteiger partial charge is 0.444 e. The van der Waals surface area contributed by atoms with Crippen molar-refractivity contribution in [3.05, 3.63) is 29.3 Å². The van der Waals surface area contributed by atoms with Crippen LogP contribution in [0.25, 0.3) is 0 Å². The number of hydrogen-bond acceptors (Lipinski definition) is 3. The lowest BCUT2D eigenvalue weighted by atomic mass is 10.1. The van der Waals surface area contributed by atoms with E-state index in [0.29, 0.717) is 13.1 Å². The molecule has 1 aliphatic heterocycles. The van der Waals surface area contributed by atoms with E-state index in [1.807, 2.05) is 46.8 Å². The van der Waals surface area contributed by atoms with Crippen LogP contribution in [-0.2, 0) is 4.74 Å². The smallest absolute Gasteiger partial charge is 0.407 e. The second-order valence-corrected chi connectivity index (χ2v) is 7.71. The molecule has 25 heavy (non-hydrogen) atoms. The lowest BCUT2D eigenvalue weighted by Gasteiger charge is -2.32. The van der Waals surface area contributed by atoms with Crippen molar-refractivity contribution in [2.75, 3.05) is 18.4 Å². The minimum Gasteiger partial charge on any atom is -0.444 e. The molecule has 2 rings (SSSR count). The van der Waals surface area contributed by atoms with E-state index >= 15 is 0 Å². The van der Waals surface area contributed by atoms with Gasteiger partial charge in [-0.3, -0.25) is 0 Å². The van der Waals surface area contributed by atoms with Gasteiger partial charge in [0.1, 0.15) is 5.60 Å². The maximum absolute atomic E-state index is 12.4. The number of aryl methyl sites for hydroxylation is 2. The Bertz CT molecular complexity index is 609. The summed E-state index contributed by atoms with van der Waals surface area (Å²) in [6, 6.07) is 5.94. The minimum absolute atomic E-state index is 0.0418. The van der Waals surface area contributed by atoms with Gasteiger partial charge in [-0.05, 0) is 70.7 Å². The number of urea groups is 1. The highest BCUT2D eigenvalue weighted by Gasteiger charge is 2.25. The number of alkyl carbamates (subject to hydrolysis) is 1. The Labute approximate surface area is 149 Å². The molecule has 0 aliphatic carbocycles. The third-order valence-corrected chi connectivity index (χ3v) is 3.98. The van der Waals surface area contributed by atoms with Gasteiger partial charge in [-0.15, -0.1) is 0 Å². The van der Waals surface area contributed by atoms with E-state index in [1.54, 1.807) is 4.90 Å². The fraction of sp³-hybridized carbons (Fsp3) is 0.579. The Morgan fingerprint density at radius 3 is 2.16 bits per heavy atom. The van der Waals surface area contributed by atoms with Crippen molar-refractivity contribution in [1.29, 1.82) is 0 Å². The number of hydrogen-bond donors (Lipinski definition) is 2. The summed E-state index contributed by atoms with van der Waals surface area (Å²) in [5, 5.41) is 5.83. The van der Waals surface area contributed by atoms with Crippen molar-refractivity contribution < 1.29 is 14.3 Å². The number of piperidine rings is 1. The summed E-state index contributed by atoms with van der Waals surface area (Å²) in [5.74, 6) is 0. The van der Waals surface area contributed by atoms with Crippen LogP contribution in [0.3, 0.4) is 0 Å². The van der Waals surface area contributed by atoms with Crippen molar-refractivity contribution in [2.45, 2.75) is 59.1 Å². The summed E-state index contributed by atoms with van der Waals surface area (Å²) in [4.78, 5) is 26.0. The van der Waals surface area contributed by atoms with Gasteiger partial charge in [-0.25, -0.2) is 9.59 Å². The molecule has 138 valence electrons. The number of likely N-dealkylation sites (tertiary alicyclic amines) is 1. The molecule has 1 aliphatic rings. The minimum atomic E-state index is -0.503. The zero-order valence-corrected chi connectivity index (χ0v) is 15.8. The second kappa shape index (κ2) is 7.76. The predicted octanol–water partition coefficient (Wildman–Crippen LogP) is 3.82. The van der Waals surface area contributed by atoms with Crippen molar-refractivity contribution in [3.8, 4) is 0 Å². The van der Waals surface area contributed by atoms with E-state index in [-0.39, 0.29) is 12.1 Å². The average molecular weight is 347 g/mol. The molecule has 0 atom stereocenters. The number of anilines is 1. The molecule has 0 spiro atoms. The molecule has 1 heterocycles. The third-order valence-electron chi connectivity index (χ3n) is 3.98. The standard InChI is InChI=1S/C19H29N3O3/c1-13-10-14(2)12-16(11-13)20-17(23)22-8-6-15(7-9-22)21-18(24)25-19(3,4)5/h10-12,15H,6-9H2,1-5H3,(H,20,23)(H,21,24). The van der Waals surface area contributed by atoms with Gasteiger partial charge in [0, 0.05) is 24.8 Å². The number of rotatable bonds is 2. The van der Waals surface area contributed by atoms with E-state index in [1.165, 1.54) is 0 Å². The average Bonchev–Trinajstić information content (AvgIpc) is 2.44. The Balaban J connectivity index is 1.81. The van der Waals surface area contributed by atoms with Gasteiger partial charge in [-0.1, -0.05) is 6.07 Å². The molecule has 1 saturated heterocycles. The Hall–Kier alpha value is -2.24. The molecule has 0 aromatic heterocycles. The number of nitrogens with zero attached hydrogens (tertiary/aromatic N) is 1. The number of nitrogens with one attached hydrogen (secondary N) is 2. The van der Waals surface area contributed by atoms with Gasteiger partial charge in [0.05, 0.1) is 0 Å². The Morgan fingerprint density at radius 1 is 1.08 bits per heavy atom. The van der Waals surface area contributed by atoms with E-state index in [2.05, 4.69) is 16.7 Å². The molecular weight excluding hydrogens is 318 g/mol. The zero-order valence-electron chi connectivity index (χ0n) is 15.8. The van der Waals surface area contributed by atoms with Gasteiger partial charge in [0.25, 0.3) is 0 Å². The number of ether oxygens (including phenoxy) is 1. The normalized spacial score (nSPS) is 15.6. The highest BCUT2D eigenvalue weighted by molar-refractivity contribution is 5.89. The van der Waals surface area contributed by atoms with E-state index in [0.717, 1.165) is 29.7 Å². The van der Waals surface area contributed by atoms with Crippen molar-refractivity contribution in [1.82, 2.24) is 10.2 Å². The highest BCUT2D eigenvalue weighted by Crippen LogP contribution is 2.17. The van der Waals surface area contributed by atoms with E-state index < -0.39 is 11.7 Å². The maximum atomic E-state index is 12.4. The first-order valence-corrected chi connectivity index (χ1v) is 8.76. The van der Waals surface area contributed by atoms with Crippen LogP contribution in [0, 0.1) is 13.8 Å². The summed E-state index contributed by atoms with van der Waals surface area (Å²) in [7, 11) is 0. The number of carbonyl (C=O) groups excluding carboxylic acids is 2. The first-order chi connectivity index (χ1) is 11.6. The number of carbonyl (C=O) groups is 2. The van der Waals surface area contributed by atoms with Crippen molar-refractivity contribution >= 4 is 17.8 Å². The van der Waals surface area contributed by atoms with Crippen LogP contribution < -0.4 is 10.6 Å². The number of benzene rings is 1. The van der Waals surface area contributed by atoms with Crippen LogP contribution in [0.4, 0.5) is 15.3 Å². The summed E-state index contributed by atoms with van der Waals surface area (Å²) in [6.07, 6.45) is 1.05. The van der Waals surface area contributed by atoms with Crippen LogP contribution in [-0.4, -0.2) is 41.8 Å². The Morgan fingerprint density at radius 2 is 1.64 bits per heavy atom. The molecule has 0 radical (unpaired) electrons. The lowest BCUT2D eigenvalue weighted by Crippen LogP contribution is -2.48. The van der Waals surface area contributed by atoms with E-state index in [9.17, 15) is 9.59 Å². The molecule has 6 heteroatoms. The molecule has 3 amide bonds. The second-order valence-electron chi connectivity index (χ2n) is 7.71. The predicted molar refractivity (Wildman–Crippen MR) is 98.9 cm³/mol. The fourth-order valence-corrected chi connectivity index (χ4v) is 2.95. The van der Waals surface area contributed by atoms with Gasteiger partial charge in [0.2, 0.25) is 0 Å². The number of amides is 3. The Kier molecular flexibility index (Phi) is 5.93. The SMILES string of the molecule is Cc1cc(C)cc(NC(=O)N2CCC(NC(=O)OC(C)(C)C)CC2)c1. The van der Waals surface area contributed by atoms with Crippen LogP contribution in [0.2, 0.25) is 0 Å². The van der Waals surface area contributed by atoms with Crippen molar-refractivity contribution in [3.63, 3.8) is 0 Å². The lowest BCUT2D eigenvalue weighted by molar-refractivity contribution is 0.0486. The molecule has 1 fully saturated rings. The summed E-state index contributed by atoms with van der Waals surface area (Å²) in [6.45, 7) is 10.8. The molecule has 6 nitrogen and oxygen atoms in total. The summed E-state index contributed by atoms with van der Waals surface area (Å²) < 4.78 is 5.27. The van der Waals surface area contributed by atoms with Crippen LogP contribution in [0.1, 0.15) is 44.7 Å². The molecule has 0 unspecified atom stereocenters. The van der Waals surface area contributed by atoms with Crippen molar-refractivity contribution in [2.24, 2.45) is 0 Å².